The normalized spacial score (nSPS) is 17.2. The van der Waals surface area contributed by atoms with Gasteiger partial charge in [0.2, 0.25) is 0 Å². The second kappa shape index (κ2) is 6.45. The number of nitrogens with one attached hydrogen (secondary N) is 2. The van der Waals surface area contributed by atoms with Gasteiger partial charge in [-0.05, 0) is 25.1 Å². The van der Waals surface area contributed by atoms with Gasteiger partial charge in [-0.15, -0.1) is 0 Å². The van der Waals surface area contributed by atoms with Gasteiger partial charge in [-0.1, -0.05) is 0 Å². The molecule has 1 fully saturated rings. The summed E-state index contributed by atoms with van der Waals surface area (Å²) in [6.45, 7) is 6.86. The molecule has 16 heavy (non-hydrogen) atoms. The molecule has 0 bridgehead atoms. The lowest BCUT2D eigenvalue weighted by Crippen LogP contribution is -2.44. The quantitative estimate of drug-likeness (QED) is 0.720. The van der Waals surface area contributed by atoms with Gasteiger partial charge in [0.1, 0.15) is 0 Å². The number of nitrogens with zero attached hydrogens (tertiary/aromatic N) is 2. The van der Waals surface area contributed by atoms with E-state index in [0.29, 0.717) is 0 Å². The number of anilines is 1. The number of pyridine rings is 1. The van der Waals surface area contributed by atoms with E-state index in [2.05, 4.69) is 26.6 Å². The van der Waals surface area contributed by atoms with Crippen LogP contribution in [0, 0.1) is 0 Å². The van der Waals surface area contributed by atoms with Crippen LogP contribution >= 0.6 is 0 Å². The van der Waals surface area contributed by atoms with E-state index in [1.807, 2.05) is 12.3 Å². The monoisotopic (exact) mass is 220 g/mol. The summed E-state index contributed by atoms with van der Waals surface area (Å²) in [5, 5.41) is 6.74. The molecule has 4 heteroatoms. The van der Waals surface area contributed by atoms with Crippen LogP contribution < -0.4 is 10.6 Å². The van der Waals surface area contributed by atoms with Crippen LogP contribution in [0.2, 0.25) is 0 Å². The van der Waals surface area contributed by atoms with Crippen molar-refractivity contribution in [3.8, 4) is 0 Å². The predicted octanol–water partition coefficient (Wildman–Crippen LogP) is 0.789. The maximum absolute atomic E-state index is 4.07. The lowest BCUT2D eigenvalue weighted by molar-refractivity contribution is 0.240. The lowest BCUT2D eigenvalue weighted by atomic mass is 10.3. The standard InChI is InChI=1S/C12H20N4/c1-3-12(11-14-4-1)15-5-2-8-16-9-6-13-7-10-16/h1,3-4,11,13,15H,2,5-10H2. The summed E-state index contributed by atoms with van der Waals surface area (Å²) in [7, 11) is 0. The number of rotatable bonds is 5. The Morgan fingerprint density at radius 3 is 3.00 bits per heavy atom. The highest BCUT2D eigenvalue weighted by Crippen LogP contribution is 2.02. The molecule has 2 heterocycles. The zero-order chi connectivity index (χ0) is 11.1. The topological polar surface area (TPSA) is 40.2 Å². The molecule has 4 nitrogen and oxygen atoms in total. The Morgan fingerprint density at radius 1 is 1.38 bits per heavy atom. The molecule has 2 rings (SSSR count). The van der Waals surface area contributed by atoms with Crippen molar-refractivity contribution in [1.29, 1.82) is 0 Å². The van der Waals surface area contributed by atoms with Gasteiger partial charge in [-0.2, -0.15) is 0 Å². The van der Waals surface area contributed by atoms with E-state index in [4.69, 9.17) is 0 Å². The molecule has 0 spiro atoms. The molecule has 88 valence electrons. The highest BCUT2D eigenvalue weighted by molar-refractivity contribution is 5.39. The third kappa shape index (κ3) is 3.79. The molecule has 0 unspecified atom stereocenters. The van der Waals surface area contributed by atoms with Crippen molar-refractivity contribution in [2.24, 2.45) is 0 Å². The number of piperazine rings is 1. The molecule has 0 aromatic carbocycles. The zero-order valence-corrected chi connectivity index (χ0v) is 9.65. The summed E-state index contributed by atoms with van der Waals surface area (Å²) in [5.74, 6) is 0. The van der Waals surface area contributed by atoms with Gasteiger partial charge in [0.05, 0.1) is 5.69 Å². The summed E-state index contributed by atoms with van der Waals surface area (Å²) >= 11 is 0. The molecule has 1 saturated heterocycles. The lowest BCUT2D eigenvalue weighted by Gasteiger charge is -2.27. The Hall–Kier alpha value is -1.13. The van der Waals surface area contributed by atoms with E-state index in [0.717, 1.165) is 25.3 Å². The molecule has 2 N–H and O–H groups in total. The summed E-state index contributed by atoms with van der Waals surface area (Å²) in [6, 6.07) is 4.01. The summed E-state index contributed by atoms with van der Waals surface area (Å²) in [4.78, 5) is 6.59. The van der Waals surface area contributed by atoms with Crippen LogP contribution in [0.5, 0.6) is 0 Å². The highest BCUT2D eigenvalue weighted by atomic mass is 15.2. The second-order valence-corrected chi connectivity index (χ2v) is 4.11. The van der Waals surface area contributed by atoms with E-state index in [1.54, 1.807) is 6.20 Å². The number of hydrogen-bond donors (Lipinski definition) is 2. The van der Waals surface area contributed by atoms with Gasteiger partial charge >= 0.3 is 0 Å². The molecular formula is C12H20N4. The zero-order valence-electron chi connectivity index (χ0n) is 9.65. The van der Waals surface area contributed by atoms with E-state index < -0.39 is 0 Å². The van der Waals surface area contributed by atoms with Crippen molar-refractivity contribution >= 4 is 5.69 Å². The number of hydrogen-bond acceptors (Lipinski definition) is 4. The molecule has 1 aromatic rings. The van der Waals surface area contributed by atoms with Crippen molar-refractivity contribution < 1.29 is 0 Å². The molecule has 0 saturated carbocycles. The van der Waals surface area contributed by atoms with Crippen molar-refractivity contribution in [2.45, 2.75) is 6.42 Å². The largest absolute Gasteiger partial charge is 0.384 e. The van der Waals surface area contributed by atoms with Gasteiger partial charge in [-0.25, -0.2) is 0 Å². The van der Waals surface area contributed by atoms with Crippen molar-refractivity contribution in [1.82, 2.24) is 15.2 Å². The maximum atomic E-state index is 4.07. The minimum absolute atomic E-state index is 1.02. The first-order valence-electron chi connectivity index (χ1n) is 6.02. The molecule has 1 aliphatic heterocycles. The van der Waals surface area contributed by atoms with Gasteiger partial charge < -0.3 is 15.5 Å². The average molecular weight is 220 g/mol. The Labute approximate surface area is 97.1 Å². The molecule has 1 aromatic heterocycles. The van der Waals surface area contributed by atoms with Crippen LogP contribution in [0.3, 0.4) is 0 Å². The molecule has 0 aliphatic carbocycles. The highest BCUT2D eigenvalue weighted by Gasteiger charge is 2.07. The predicted molar refractivity (Wildman–Crippen MR) is 66.7 cm³/mol. The summed E-state index contributed by atoms with van der Waals surface area (Å²) in [5.41, 5.74) is 1.11. The van der Waals surface area contributed by atoms with Gasteiger partial charge in [0.25, 0.3) is 0 Å². The van der Waals surface area contributed by atoms with E-state index >= 15 is 0 Å². The first-order valence-corrected chi connectivity index (χ1v) is 6.02. The molecule has 1 aliphatic rings. The van der Waals surface area contributed by atoms with Crippen LogP contribution in [0.25, 0.3) is 0 Å². The van der Waals surface area contributed by atoms with Gasteiger partial charge in [0.15, 0.2) is 0 Å². The first-order chi connectivity index (χ1) is 7.95. The van der Waals surface area contributed by atoms with E-state index in [-0.39, 0.29) is 0 Å². The average Bonchev–Trinajstić information content (AvgIpc) is 2.37. The fourth-order valence-corrected chi connectivity index (χ4v) is 1.94. The molecule has 0 radical (unpaired) electrons. The Balaban J connectivity index is 1.58. The number of aromatic nitrogens is 1. The Kier molecular flexibility index (Phi) is 4.58. The van der Waals surface area contributed by atoms with Crippen LogP contribution in [0.4, 0.5) is 5.69 Å². The van der Waals surface area contributed by atoms with Crippen molar-refractivity contribution in [3.05, 3.63) is 24.5 Å². The molecule has 0 atom stereocenters. The van der Waals surface area contributed by atoms with E-state index in [9.17, 15) is 0 Å². The molecular weight excluding hydrogens is 200 g/mol. The SMILES string of the molecule is c1cncc(NCCCN2CCNCC2)c1. The fourth-order valence-electron chi connectivity index (χ4n) is 1.94. The summed E-state index contributed by atoms with van der Waals surface area (Å²) in [6.07, 6.45) is 4.85. The Morgan fingerprint density at radius 2 is 2.25 bits per heavy atom. The second-order valence-electron chi connectivity index (χ2n) is 4.11. The minimum atomic E-state index is 1.02. The third-order valence-electron chi connectivity index (χ3n) is 2.85. The first kappa shape index (κ1) is 11.4. The maximum Gasteiger partial charge on any atom is 0.0526 e. The van der Waals surface area contributed by atoms with Crippen LogP contribution in [-0.2, 0) is 0 Å². The van der Waals surface area contributed by atoms with Crippen molar-refractivity contribution in [2.75, 3.05) is 44.6 Å². The fraction of sp³-hybridized carbons (Fsp3) is 0.583. The molecule has 0 amide bonds. The summed E-state index contributed by atoms with van der Waals surface area (Å²) < 4.78 is 0. The van der Waals surface area contributed by atoms with Crippen LogP contribution in [0.15, 0.2) is 24.5 Å². The minimum Gasteiger partial charge on any atom is -0.384 e. The smallest absolute Gasteiger partial charge is 0.0526 e. The van der Waals surface area contributed by atoms with E-state index in [1.165, 1.54) is 26.1 Å². The van der Waals surface area contributed by atoms with Gasteiger partial charge in [0, 0.05) is 45.1 Å². The Bertz CT molecular complexity index is 282. The van der Waals surface area contributed by atoms with Crippen LogP contribution in [-0.4, -0.2) is 49.2 Å². The van der Waals surface area contributed by atoms with Gasteiger partial charge in [-0.3, -0.25) is 4.98 Å². The van der Waals surface area contributed by atoms with Crippen molar-refractivity contribution in [3.63, 3.8) is 0 Å². The van der Waals surface area contributed by atoms with Crippen LogP contribution in [0.1, 0.15) is 6.42 Å². The third-order valence-corrected chi connectivity index (χ3v) is 2.85.